The maximum Gasteiger partial charge on any atom is 0.308 e. The molecule has 6 heteroatoms. The zero-order valence-electron chi connectivity index (χ0n) is 13.0. The zero-order chi connectivity index (χ0) is 15.7. The molecule has 2 atom stereocenters. The summed E-state index contributed by atoms with van der Waals surface area (Å²) in [4.78, 5) is 25.7. The van der Waals surface area contributed by atoms with Gasteiger partial charge in [-0.2, -0.15) is 5.10 Å². The monoisotopic (exact) mass is 293 g/mol. The number of aryl methyl sites for hydroxylation is 2. The van der Waals surface area contributed by atoms with Crippen molar-refractivity contribution in [1.29, 1.82) is 0 Å². The van der Waals surface area contributed by atoms with Gasteiger partial charge < -0.3 is 10.0 Å². The second kappa shape index (κ2) is 5.87. The molecule has 1 aromatic rings. The molecule has 0 saturated carbocycles. The lowest BCUT2D eigenvalue weighted by Crippen LogP contribution is -2.46. The summed E-state index contributed by atoms with van der Waals surface area (Å²) in [6, 6.07) is -0.417. The number of piperidine rings is 1. The largest absolute Gasteiger partial charge is 0.481 e. The quantitative estimate of drug-likeness (QED) is 0.917. The lowest BCUT2D eigenvalue weighted by molar-refractivity contribution is -0.152. The van der Waals surface area contributed by atoms with Crippen LogP contribution in [0.25, 0.3) is 0 Å². The summed E-state index contributed by atoms with van der Waals surface area (Å²) < 4.78 is 1.68. The highest BCUT2D eigenvalue weighted by atomic mass is 16.4. The molecule has 0 radical (unpaired) electrons. The number of hydrogen-bond acceptors (Lipinski definition) is 3. The minimum Gasteiger partial charge on any atom is -0.481 e. The van der Waals surface area contributed by atoms with E-state index in [2.05, 4.69) is 5.10 Å². The molecular weight excluding hydrogens is 270 g/mol. The van der Waals surface area contributed by atoms with Crippen LogP contribution in [0.2, 0.25) is 0 Å². The van der Waals surface area contributed by atoms with E-state index in [0.717, 1.165) is 11.3 Å². The number of rotatable bonds is 4. The van der Waals surface area contributed by atoms with E-state index in [1.54, 1.807) is 9.58 Å². The first-order chi connectivity index (χ1) is 9.81. The Morgan fingerprint density at radius 1 is 1.52 bits per heavy atom. The van der Waals surface area contributed by atoms with Crippen molar-refractivity contribution in [2.45, 2.75) is 39.7 Å². The number of aliphatic carboxylic acids is 1. The fourth-order valence-corrected chi connectivity index (χ4v) is 3.11. The molecule has 1 N–H and O–H groups in total. The van der Waals surface area contributed by atoms with Crippen LogP contribution < -0.4 is 0 Å². The van der Waals surface area contributed by atoms with Crippen LogP contribution in [0.5, 0.6) is 0 Å². The van der Waals surface area contributed by atoms with Crippen molar-refractivity contribution in [1.82, 2.24) is 14.7 Å². The van der Waals surface area contributed by atoms with Gasteiger partial charge >= 0.3 is 5.97 Å². The summed E-state index contributed by atoms with van der Waals surface area (Å²) in [5.41, 5.74) is 1.64. The highest BCUT2D eigenvalue weighted by Crippen LogP contribution is 2.38. The molecule has 1 saturated heterocycles. The smallest absolute Gasteiger partial charge is 0.308 e. The molecule has 1 aliphatic rings. The standard InChI is InChI=1S/C15H23N3O3/c1-9(2)7-18-13(19)6-5-11(15(20)21)14(18)12-8-17(4)16-10(12)3/h8-9,11,14H,5-7H2,1-4H3,(H,20,21). The van der Waals surface area contributed by atoms with Crippen LogP contribution in [0.15, 0.2) is 6.20 Å². The van der Waals surface area contributed by atoms with Crippen molar-refractivity contribution >= 4 is 11.9 Å². The number of hydrogen-bond donors (Lipinski definition) is 1. The third kappa shape index (κ3) is 3.09. The minimum atomic E-state index is -0.843. The summed E-state index contributed by atoms with van der Waals surface area (Å²) >= 11 is 0. The number of carboxylic acids is 1. The van der Waals surface area contributed by atoms with Crippen LogP contribution in [0, 0.1) is 18.8 Å². The molecule has 6 nitrogen and oxygen atoms in total. The molecule has 0 aliphatic carbocycles. The van der Waals surface area contributed by atoms with Gasteiger partial charge in [0.05, 0.1) is 17.7 Å². The number of likely N-dealkylation sites (tertiary alicyclic amines) is 1. The SMILES string of the molecule is Cc1nn(C)cc1C1C(C(=O)O)CCC(=O)N1CC(C)C. The Morgan fingerprint density at radius 3 is 2.67 bits per heavy atom. The molecule has 1 aromatic heterocycles. The van der Waals surface area contributed by atoms with Gasteiger partial charge in [-0.3, -0.25) is 14.3 Å². The van der Waals surface area contributed by atoms with E-state index in [4.69, 9.17) is 0 Å². The van der Waals surface area contributed by atoms with Crippen LogP contribution in [0.3, 0.4) is 0 Å². The molecule has 0 spiro atoms. The van der Waals surface area contributed by atoms with Crippen molar-refractivity contribution in [3.8, 4) is 0 Å². The summed E-state index contributed by atoms with van der Waals surface area (Å²) in [6.07, 6.45) is 2.53. The molecule has 1 amide bonds. The average molecular weight is 293 g/mol. The Labute approximate surface area is 124 Å². The lowest BCUT2D eigenvalue weighted by Gasteiger charge is -2.40. The highest BCUT2D eigenvalue weighted by Gasteiger charge is 2.42. The molecule has 0 bridgehead atoms. The third-order valence-corrected chi connectivity index (χ3v) is 3.96. The van der Waals surface area contributed by atoms with Gasteiger partial charge in [0.2, 0.25) is 5.91 Å². The summed E-state index contributed by atoms with van der Waals surface area (Å²) in [7, 11) is 1.81. The fourth-order valence-electron chi connectivity index (χ4n) is 3.11. The minimum absolute atomic E-state index is 0.0365. The first-order valence-electron chi connectivity index (χ1n) is 7.33. The Hall–Kier alpha value is -1.85. The first kappa shape index (κ1) is 15.5. The molecule has 116 valence electrons. The van der Waals surface area contributed by atoms with Crippen LogP contribution >= 0.6 is 0 Å². The van der Waals surface area contributed by atoms with Gasteiger partial charge in [0.25, 0.3) is 0 Å². The molecular formula is C15H23N3O3. The number of carbonyl (C=O) groups is 2. The topological polar surface area (TPSA) is 75.4 Å². The van der Waals surface area contributed by atoms with Gasteiger partial charge in [0, 0.05) is 31.8 Å². The van der Waals surface area contributed by atoms with Crippen molar-refractivity contribution in [2.24, 2.45) is 18.9 Å². The van der Waals surface area contributed by atoms with E-state index in [-0.39, 0.29) is 5.91 Å². The number of carbonyl (C=O) groups excluding carboxylic acids is 1. The Morgan fingerprint density at radius 2 is 2.19 bits per heavy atom. The molecule has 2 heterocycles. The van der Waals surface area contributed by atoms with E-state index in [1.165, 1.54) is 0 Å². The molecule has 2 rings (SSSR count). The van der Waals surface area contributed by atoms with Gasteiger partial charge in [0.15, 0.2) is 0 Å². The Balaban J connectivity index is 2.46. The number of nitrogens with zero attached hydrogens (tertiary/aromatic N) is 3. The molecule has 1 aliphatic heterocycles. The highest BCUT2D eigenvalue weighted by molar-refractivity contribution is 5.81. The van der Waals surface area contributed by atoms with E-state index in [0.29, 0.717) is 25.3 Å². The summed E-state index contributed by atoms with van der Waals surface area (Å²) in [5, 5.41) is 13.8. The van der Waals surface area contributed by atoms with Gasteiger partial charge in [-0.15, -0.1) is 0 Å². The van der Waals surface area contributed by atoms with E-state index in [9.17, 15) is 14.7 Å². The summed E-state index contributed by atoms with van der Waals surface area (Å²) in [5.74, 6) is -1.08. The molecule has 21 heavy (non-hydrogen) atoms. The van der Waals surface area contributed by atoms with Crippen LogP contribution in [0.4, 0.5) is 0 Å². The Kier molecular flexibility index (Phi) is 4.34. The summed E-state index contributed by atoms with van der Waals surface area (Å²) in [6.45, 7) is 6.50. The van der Waals surface area contributed by atoms with Crippen molar-refractivity contribution in [3.05, 3.63) is 17.5 Å². The zero-order valence-corrected chi connectivity index (χ0v) is 13.0. The maximum atomic E-state index is 12.3. The molecule has 1 fully saturated rings. The number of amides is 1. The van der Waals surface area contributed by atoms with Gasteiger partial charge in [-0.05, 0) is 19.3 Å². The van der Waals surface area contributed by atoms with Crippen LogP contribution in [-0.4, -0.2) is 38.2 Å². The van der Waals surface area contributed by atoms with E-state index >= 15 is 0 Å². The molecule has 2 unspecified atom stereocenters. The normalized spacial score (nSPS) is 22.9. The van der Waals surface area contributed by atoms with E-state index < -0.39 is 17.9 Å². The second-order valence-corrected chi connectivity index (χ2v) is 6.21. The second-order valence-electron chi connectivity index (χ2n) is 6.21. The van der Waals surface area contributed by atoms with Gasteiger partial charge in [-0.25, -0.2) is 0 Å². The van der Waals surface area contributed by atoms with Crippen LogP contribution in [0.1, 0.15) is 44.0 Å². The van der Waals surface area contributed by atoms with Crippen molar-refractivity contribution in [2.75, 3.05) is 6.54 Å². The van der Waals surface area contributed by atoms with E-state index in [1.807, 2.05) is 34.0 Å². The van der Waals surface area contributed by atoms with Gasteiger partial charge in [0.1, 0.15) is 0 Å². The lowest BCUT2D eigenvalue weighted by atomic mass is 9.84. The molecule has 0 aromatic carbocycles. The predicted octanol–water partition coefficient (Wildman–Crippen LogP) is 1.75. The third-order valence-electron chi connectivity index (χ3n) is 3.96. The fraction of sp³-hybridized carbons (Fsp3) is 0.667. The van der Waals surface area contributed by atoms with Crippen molar-refractivity contribution < 1.29 is 14.7 Å². The first-order valence-corrected chi connectivity index (χ1v) is 7.33. The number of carboxylic acid groups (broad SMARTS) is 1. The average Bonchev–Trinajstić information content (AvgIpc) is 2.69. The predicted molar refractivity (Wildman–Crippen MR) is 77.6 cm³/mol. The van der Waals surface area contributed by atoms with Crippen molar-refractivity contribution in [3.63, 3.8) is 0 Å². The Bertz CT molecular complexity index is 550. The maximum absolute atomic E-state index is 12.3. The number of aromatic nitrogens is 2. The van der Waals surface area contributed by atoms with Crippen LogP contribution in [-0.2, 0) is 16.6 Å². The van der Waals surface area contributed by atoms with Gasteiger partial charge in [-0.1, -0.05) is 13.8 Å².